The molecule has 0 aromatic heterocycles. The highest BCUT2D eigenvalue weighted by Gasteiger charge is 2.38. The largest absolute Gasteiger partial charge is 0.512 e. The van der Waals surface area contributed by atoms with Crippen LogP contribution < -0.4 is 0 Å². The van der Waals surface area contributed by atoms with Crippen LogP contribution in [-0.2, 0) is 25.6 Å². The summed E-state index contributed by atoms with van der Waals surface area (Å²) >= 11 is 0. The van der Waals surface area contributed by atoms with Crippen LogP contribution in [0.4, 0.5) is 0 Å². The van der Waals surface area contributed by atoms with E-state index in [4.69, 9.17) is 14.2 Å². The molecule has 1 aromatic carbocycles. The molecule has 5 heteroatoms. The van der Waals surface area contributed by atoms with E-state index in [1.165, 1.54) is 0 Å². The predicted octanol–water partition coefficient (Wildman–Crippen LogP) is 3.53. The standard InChI is InChI=1S/C19H26O5/c1-19(2,3)24-18(21)11-15(20)9-10-16-17(23-16)13-22-12-14-7-5-4-6-8-14/h4-8,11,16-17,20H,9-10,12-13H2,1-3H3/b15-11-/t16-,17-/m0/s1. The SMILES string of the molecule is CC(C)(C)OC(=O)/C=C(\O)CC[C@@H]1O[C@H]1COCc1ccccc1. The first-order valence-electron chi connectivity index (χ1n) is 8.23. The van der Waals surface area contributed by atoms with Gasteiger partial charge < -0.3 is 19.3 Å². The average Bonchev–Trinajstić information content (AvgIpc) is 3.23. The molecule has 1 saturated heterocycles. The first-order valence-corrected chi connectivity index (χ1v) is 8.23. The van der Waals surface area contributed by atoms with Gasteiger partial charge in [0.2, 0.25) is 0 Å². The highest BCUT2D eigenvalue weighted by atomic mass is 16.6. The lowest BCUT2D eigenvalue weighted by Crippen LogP contribution is -2.22. The van der Waals surface area contributed by atoms with Crippen molar-refractivity contribution in [2.24, 2.45) is 0 Å². The van der Waals surface area contributed by atoms with E-state index in [-0.39, 0.29) is 18.0 Å². The molecule has 0 spiro atoms. The van der Waals surface area contributed by atoms with Crippen LogP contribution in [0.25, 0.3) is 0 Å². The quantitative estimate of drug-likeness (QED) is 0.341. The molecule has 0 bridgehead atoms. The predicted molar refractivity (Wildman–Crippen MR) is 90.5 cm³/mol. The fourth-order valence-corrected chi connectivity index (χ4v) is 2.28. The third kappa shape index (κ3) is 7.15. The molecule has 1 heterocycles. The van der Waals surface area contributed by atoms with Gasteiger partial charge in [0.25, 0.3) is 0 Å². The summed E-state index contributed by atoms with van der Waals surface area (Å²) in [6.07, 6.45) is 2.33. The fraction of sp³-hybridized carbons (Fsp3) is 0.526. The number of carbonyl (C=O) groups excluding carboxylic acids is 1. The molecule has 2 rings (SSSR count). The Hall–Kier alpha value is -1.85. The van der Waals surface area contributed by atoms with Crippen LogP contribution in [0.2, 0.25) is 0 Å². The van der Waals surface area contributed by atoms with Gasteiger partial charge in [0, 0.05) is 6.42 Å². The number of aliphatic hydroxyl groups is 1. The fourth-order valence-electron chi connectivity index (χ4n) is 2.28. The number of epoxide rings is 1. The van der Waals surface area contributed by atoms with Crippen LogP contribution in [0, 0.1) is 0 Å². The Balaban J connectivity index is 1.60. The van der Waals surface area contributed by atoms with E-state index in [9.17, 15) is 9.90 Å². The van der Waals surface area contributed by atoms with Crippen LogP contribution in [-0.4, -0.2) is 35.5 Å². The van der Waals surface area contributed by atoms with E-state index in [0.717, 1.165) is 11.6 Å². The van der Waals surface area contributed by atoms with Crippen LogP contribution in [0.15, 0.2) is 42.2 Å². The van der Waals surface area contributed by atoms with Crippen molar-refractivity contribution in [1.82, 2.24) is 0 Å². The van der Waals surface area contributed by atoms with Gasteiger partial charge >= 0.3 is 5.97 Å². The Morgan fingerprint density at radius 3 is 2.62 bits per heavy atom. The van der Waals surface area contributed by atoms with Crippen molar-refractivity contribution in [3.63, 3.8) is 0 Å². The molecule has 0 amide bonds. The van der Waals surface area contributed by atoms with Crippen LogP contribution in [0.5, 0.6) is 0 Å². The molecular weight excluding hydrogens is 308 g/mol. The van der Waals surface area contributed by atoms with Crippen molar-refractivity contribution in [3.8, 4) is 0 Å². The van der Waals surface area contributed by atoms with Crippen molar-refractivity contribution in [2.75, 3.05) is 6.61 Å². The molecular formula is C19H26O5. The van der Waals surface area contributed by atoms with E-state index in [1.807, 2.05) is 30.3 Å². The zero-order valence-corrected chi connectivity index (χ0v) is 14.5. The summed E-state index contributed by atoms with van der Waals surface area (Å²) in [4.78, 5) is 11.6. The van der Waals surface area contributed by atoms with E-state index in [0.29, 0.717) is 26.1 Å². The Bertz CT molecular complexity index is 559. The van der Waals surface area contributed by atoms with E-state index < -0.39 is 11.6 Å². The topological polar surface area (TPSA) is 68.3 Å². The minimum atomic E-state index is -0.561. The molecule has 2 atom stereocenters. The van der Waals surface area contributed by atoms with Crippen molar-refractivity contribution >= 4 is 5.97 Å². The van der Waals surface area contributed by atoms with E-state index in [2.05, 4.69) is 0 Å². The number of rotatable bonds is 8. The van der Waals surface area contributed by atoms with Crippen molar-refractivity contribution < 1.29 is 24.1 Å². The number of esters is 1. The number of aliphatic hydroxyl groups excluding tert-OH is 1. The molecule has 1 aliphatic heterocycles. The zero-order chi connectivity index (χ0) is 17.6. The first-order chi connectivity index (χ1) is 11.3. The second kappa shape index (κ2) is 8.31. The number of carbonyl (C=O) groups is 1. The van der Waals surface area contributed by atoms with Gasteiger partial charge in [-0.05, 0) is 32.8 Å². The number of ether oxygens (including phenoxy) is 3. The smallest absolute Gasteiger partial charge is 0.334 e. The summed E-state index contributed by atoms with van der Waals surface area (Å²) in [5, 5.41) is 9.78. The first kappa shape index (κ1) is 18.5. The lowest BCUT2D eigenvalue weighted by molar-refractivity contribution is -0.148. The highest BCUT2D eigenvalue weighted by Crippen LogP contribution is 2.28. The Labute approximate surface area is 143 Å². The maximum atomic E-state index is 11.6. The Kier molecular flexibility index (Phi) is 6.40. The number of hydrogen-bond acceptors (Lipinski definition) is 5. The monoisotopic (exact) mass is 334 g/mol. The van der Waals surface area contributed by atoms with Gasteiger partial charge in [-0.25, -0.2) is 4.79 Å². The summed E-state index contributed by atoms with van der Waals surface area (Å²) in [5.41, 5.74) is 0.571. The van der Waals surface area contributed by atoms with Crippen LogP contribution >= 0.6 is 0 Å². The molecule has 1 aliphatic rings. The lowest BCUT2D eigenvalue weighted by atomic mass is 10.1. The molecule has 132 valence electrons. The maximum Gasteiger partial charge on any atom is 0.334 e. The molecule has 1 fully saturated rings. The van der Waals surface area contributed by atoms with Crippen LogP contribution in [0.1, 0.15) is 39.2 Å². The number of benzene rings is 1. The Morgan fingerprint density at radius 2 is 1.96 bits per heavy atom. The van der Waals surface area contributed by atoms with Gasteiger partial charge in [0.05, 0.1) is 31.2 Å². The normalized spacial score (nSPS) is 20.7. The summed E-state index contributed by atoms with van der Waals surface area (Å²) < 4.78 is 16.3. The second-order valence-corrected chi connectivity index (χ2v) is 6.92. The molecule has 0 radical (unpaired) electrons. The van der Waals surface area contributed by atoms with Crippen LogP contribution in [0.3, 0.4) is 0 Å². The molecule has 0 saturated carbocycles. The van der Waals surface area contributed by atoms with Gasteiger partial charge in [-0.2, -0.15) is 0 Å². The molecule has 0 unspecified atom stereocenters. The summed E-state index contributed by atoms with van der Waals surface area (Å²) in [6.45, 7) is 6.46. The molecule has 24 heavy (non-hydrogen) atoms. The van der Waals surface area contributed by atoms with Gasteiger partial charge in [-0.15, -0.1) is 0 Å². The minimum Gasteiger partial charge on any atom is -0.512 e. The van der Waals surface area contributed by atoms with E-state index in [1.54, 1.807) is 20.8 Å². The number of hydrogen-bond donors (Lipinski definition) is 1. The molecule has 1 N–H and O–H groups in total. The number of allylic oxidation sites excluding steroid dienone is 1. The van der Waals surface area contributed by atoms with Gasteiger partial charge in [-0.1, -0.05) is 30.3 Å². The highest BCUT2D eigenvalue weighted by molar-refractivity contribution is 5.82. The molecule has 5 nitrogen and oxygen atoms in total. The second-order valence-electron chi connectivity index (χ2n) is 6.92. The Morgan fingerprint density at radius 1 is 1.25 bits per heavy atom. The van der Waals surface area contributed by atoms with Gasteiger partial charge in [0.15, 0.2) is 0 Å². The summed E-state index contributed by atoms with van der Waals surface area (Å²) in [6, 6.07) is 9.97. The third-order valence-electron chi connectivity index (χ3n) is 3.46. The zero-order valence-electron chi connectivity index (χ0n) is 14.5. The van der Waals surface area contributed by atoms with Crippen molar-refractivity contribution in [3.05, 3.63) is 47.7 Å². The molecule has 1 aromatic rings. The van der Waals surface area contributed by atoms with E-state index >= 15 is 0 Å². The average molecular weight is 334 g/mol. The molecule has 0 aliphatic carbocycles. The third-order valence-corrected chi connectivity index (χ3v) is 3.46. The van der Waals surface area contributed by atoms with Crippen molar-refractivity contribution in [1.29, 1.82) is 0 Å². The van der Waals surface area contributed by atoms with Crippen molar-refractivity contribution in [2.45, 2.75) is 58.0 Å². The van der Waals surface area contributed by atoms with Gasteiger partial charge in [-0.3, -0.25) is 0 Å². The minimum absolute atomic E-state index is 0.0173. The lowest BCUT2D eigenvalue weighted by Gasteiger charge is -2.18. The maximum absolute atomic E-state index is 11.6. The summed E-state index contributed by atoms with van der Waals surface area (Å²) in [5.74, 6) is -0.511. The van der Waals surface area contributed by atoms with Gasteiger partial charge in [0.1, 0.15) is 11.7 Å². The summed E-state index contributed by atoms with van der Waals surface area (Å²) in [7, 11) is 0.